The van der Waals surface area contributed by atoms with Crippen molar-refractivity contribution in [3.8, 4) is 10.6 Å². The van der Waals surface area contributed by atoms with E-state index in [1.165, 1.54) is 6.07 Å². The highest BCUT2D eigenvalue weighted by Gasteiger charge is 2.35. The van der Waals surface area contributed by atoms with E-state index in [-0.39, 0.29) is 11.3 Å². The van der Waals surface area contributed by atoms with E-state index >= 15 is 0 Å². The highest BCUT2D eigenvalue weighted by Crippen LogP contribution is 2.32. The van der Waals surface area contributed by atoms with E-state index in [1.807, 2.05) is 0 Å². The van der Waals surface area contributed by atoms with Crippen molar-refractivity contribution in [2.75, 3.05) is 0 Å². The molecule has 3 aromatic rings. The van der Waals surface area contributed by atoms with Gasteiger partial charge < -0.3 is 0 Å². The topological polar surface area (TPSA) is 59.9 Å². The maximum Gasteiger partial charge on any atom is 0.433 e. The van der Waals surface area contributed by atoms with Gasteiger partial charge in [-0.25, -0.2) is 27.2 Å². The molecule has 0 fully saturated rings. The Labute approximate surface area is 154 Å². The van der Waals surface area contributed by atoms with Gasteiger partial charge >= 0.3 is 6.18 Å². The number of hydrogen-bond acceptors (Lipinski definition) is 5. The average molecular weight is 420 g/mol. The average Bonchev–Trinajstić information content (AvgIpc) is 3.06. The molecule has 0 radical (unpaired) electrons. The van der Waals surface area contributed by atoms with Crippen LogP contribution in [0.3, 0.4) is 0 Å². The van der Waals surface area contributed by atoms with Gasteiger partial charge in [0.1, 0.15) is 17.3 Å². The summed E-state index contributed by atoms with van der Waals surface area (Å²) in [6.45, 7) is 0. The molecule has 0 spiro atoms. The molecular weight excluding hydrogens is 411 g/mol. The molecule has 0 amide bonds. The van der Waals surface area contributed by atoms with Crippen LogP contribution in [-0.2, 0) is 21.8 Å². The zero-order chi connectivity index (χ0) is 19.8. The van der Waals surface area contributed by atoms with Crippen molar-refractivity contribution >= 4 is 21.2 Å². The SMILES string of the molecule is O=S(=O)(Cc1cc(F)cc(F)c1)c1nc(-c2cccs2)cc(C(F)(F)F)n1. The van der Waals surface area contributed by atoms with E-state index < -0.39 is 44.3 Å². The first-order valence-corrected chi connectivity index (χ1v) is 9.76. The third-order valence-electron chi connectivity index (χ3n) is 3.33. The first-order chi connectivity index (χ1) is 12.5. The van der Waals surface area contributed by atoms with Crippen molar-refractivity contribution in [1.82, 2.24) is 9.97 Å². The molecule has 0 aliphatic heterocycles. The maximum atomic E-state index is 13.3. The quantitative estimate of drug-likeness (QED) is 0.461. The van der Waals surface area contributed by atoms with E-state index in [0.717, 1.165) is 23.5 Å². The Morgan fingerprint density at radius 1 is 1.00 bits per heavy atom. The summed E-state index contributed by atoms with van der Waals surface area (Å²) < 4.78 is 90.9. The van der Waals surface area contributed by atoms with Gasteiger partial charge in [-0.15, -0.1) is 11.3 Å². The van der Waals surface area contributed by atoms with Gasteiger partial charge in [-0.05, 0) is 35.2 Å². The number of sulfone groups is 1. The molecule has 0 unspecified atom stereocenters. The Hall–Kier alpha value is -2.40. The molecule has 27 heavy (non-hydrogen) atoms. The minimum atomic E-state index is -4.90. The third kappa shape index (κ3) is 4.48. The van der Waals surface area contributed by atoms with Crippen LogP contribution in [0.4, 0.5) is 22.0 Å². The van der Waals surface area contributed by atoms with Crippen molar-refractivity contribution in [2.24, 2.45) is 0 Å². The Morgan fingerprint density at radius 3 is 2.22 bits per heavy atom. The van der Waals surface area contributed by atoms with Crippen molar-refractivity contribution in [3.05, 3.63) is 64.7 Å². The summed E-state index contributed by atoms with van der Waals surface area (Å²) in [7, 11) is -4.49. The molecule has 0 aliphatic rings. The molecule has 142 valence electrons. The second-order valence-electron chi connectivity index (χ2n) is 5.43. The van der Waals surface area contributed by atoms with Crippen LogP contribution in [0.15, 0.2) is 46.9 Å². The Kier molecular flexibility index (Phi) is 5.00. The summed E-state index contributed by atoms with van der Waals surface area (Å²) >= 11 is 1.07. The summed E-state index contributed by atoms with van der Waals surface area (Å²) in [5.41, 5.74) is -1.91. The van der Waals surface area contributed by atoms with Crippen LogP contribution in [0.25, 0.3) is 10.6 Å². The maximum absolute atomic E-state index is 13.3. The molecule has 3 rings (SSSR count). The lowest BCUT2D eigenvalue weighted by Crippen LogP contribution is -2.16. The van der Waals surface area contributed by atoms with E-state index in [4.69, 9.17) is 0 Å². The lowest BCUT2D eigenvalue weighted by Gasteiger charge is -2.10. The molecule has 2 heterocycles. The van der Waals surface area contributed by atoms with E-state index in [0.29, 0.717) is 17.0 Å². The largest absolute Gasteiger partial charge is 0.433 e. The summed E-state index contributed by atoms with van der Waals surface area (Å²) in [5.74, 6) is -2.97. The predicted octanol–water partition coefficient (Wildman–Crippen LogP) is 4.48. The zero-order valence-corrected chi connectivity index (χ0v) is 14.8. The zero-order valence-electron chi connectivity index (χ0n) is 13.2. The summed E-state index contributed by atoms with van der Waals surface area (Å²) in [4.78, 5) is 7.16. The standard InChI is InChI=1S/C16H9F5N2O2S2/c17-10-4-9(5-11(18)6-10)8-27(24,25)15-22-12(13-2-1-3-26-13)7-14(23-15)16(19,20)21/h1-7H,8H2. The van der Waals surface area contributed by atoms with E-state index in [1.54, 1.807) is 11.4 Å². The fraction of sp³-hybridized carbons (Fsp3) is 0.125. The molecule has 0 N–H and O–H groups in total. The number of benzene rings is 1. The number of aromatic nitrogens is 2. The smallest absolute Gasteiger partial charge is 0.220 e. The molecule has 1 aromatic carbocycles. The monoisotopic (exact) mass is 420 g/mol. The van der Waals surface area contributed by atoms with Gasteiger partial charge in [-0.3, -0.25) is 0 Å². The van der Waals surface area contributed by atoms with Crippen molar-refractivity contribution in [3.63, 3.8) is 0 Å². The highest BCUT2D eigenvalue weighted by atomic mass is 32.2. The molecule has 0 saturated heterocycles. The van der Waals surface area contributed by atoms with Crippen LogP contribution in [0.5, 0.6) is 0 Å². The second-order valence-corrected chi connectivity index (χ2v) is 8.26. The summed E-state index contributed by atoms with van der Waals surface area (Å²) in [6.07, 6.45) is -4.90. The van der Waals surface area contributed by atoms with Gasteiger partial charge in [-0.2, -0.15) is 13.2 Å². The van der Waals surface area contributed by atoms with Gasteiger partial charge in [0.15, 0.2) is 0 Å². The van der Waals surface area contributed by atoms with Crippen LogP contribution >= 0.6 is 11.3 Å². The van der Waals surface area contributed by atoms with Crippen molar-refractivity contribution < 1.29 is 30.4 Å². The Morgan fingerprint density at radius 2 is 1.67 bits per heavy atom. The van der Waals surface area contributed by atoms with Gasteiger partial charge in [0.05, 0.1) is 16.3 Å². The van der Waals surface area contributed by atoms with Gasteiger partial charge in [0.2, 0.25) is 15.0 Å². The number of thiophene rings is 1. The fourth-order valence-electron chi connectivity index (χ4n) is 2.24. The van der Waals surface area contributed by atoms with Gasteiger partial charge in [0, 0.05) is 6.07 Å². The molecule has 0 bridgehead atoms. The Bertz CT molecular complexity index is 1060. The summed E-state index contributed by atoms with van der Waals surface area (Å²) in [6, 6.07) is 5.78. The van der Waals surface area contributed by atoms with Crippen LogP contribution in [0.1, 0.15) is 11.3 Å². The first kappa shape index (κ1) is 19.4. The van der Waals surface area contributed by atoms with Crippen LogP contribution < -0.4 is 0 Å². The summed E-state index contributed by atoms with van der Waals surface area (Å²) in [5, 5.41) is 0.527. The van der Waals surface area contributed by atoms with E-state index in [9.17, 15) is 30.4 Å². The van der Waals surface area contributed by atoms with Gasteiger partial charge in [-0.1, -0.05) is 6.07 Å². The minimum Gasteiger partial charge on any atom is -0.220 e. The fourth-order valence-corrected chi connectivity index (χ4v) is 4.13. The lowest BCUT2D eigenvalue weighted by molar-refractivity contribution is -0.141. The minimum absolute atomic E-state index is 0.212. The number of hydrogen-bond donors (Lipinski definition) is 0. The molecule has 11 heteroatoms. The molecule has 4 nitrogen and oxygen atoms in total. The van der Waals surface area contributed by atoms with Crippen molar-refractivity contribution in [2.45, 2.75) is 17.1 Å². The van der Waals surface area contributed by atoms with Crippen LogP contribution in [0.2, 0.25) is 0 Å². The predicted molar refractivity (Wildman–Crippen MR) is 87.6 cm³/mol. The molecule has 0 atom stereocenters. The molecular formula is C16H9F5N2O2S2. The number of rotatable bonds is 4. The molecule has 2 aromatic heterocycles. The first-order valence-electron chi connectivity index (χ1n) is 7.22. The normalized spacial score (nSPS) is 12.3. The van der Waals surface area contributed by atoms with Crippen LogP contribution in [0, 0.1) is 11.6 Å². The lowest BCUT2D eigenvalue weighted by atomic mass is 10.2. The number of alkyl halides is 3. The number of halogens is 5. The molecule has 0 saturated carbocycles. The van der Waals surface area contributed by atoms with Crippen LogP contribution in [-0.4, -0.2) is 18.4 Å². The second kappa shape index (κ2) is 6.97. The molecule has 0 aliphatic carbocycles. The van der Waals surface area contributed by atoms with Crippen molar-refractivity contribution in [1.29, 1.82) is 0 Å². The number of nitrogens with zero attached hydrogens (tertiary/aromatic N) is 2. The highest BCUT2D eigenvalue weighted by molar-refractivity contribution is 7.90. The third-order valence-corrected chi connectivity index (χ3v) is 5.67. The van der Waals surface area contributed by atoms with Gasteiger partial charge in [0.25, 0.3) is 0 Å². The van der Waals surface area contributed by atoms with E-state index in [2.05, 4.69) is 9.97 Å². The Balaban J connectivity index is 2.09.